The molecule has 0 aromatic carbocycles. The molecule has 0 atom stereocenters. The van der Waals surface area contributed by atoms with E-state index in [1.54, 1.807) is 13.1 Å². The van der Waals surface area contributed by atoms with Gasteiger partial charge in [-0.05, 0) is 13.3 Å². The zero-order valence-corrected chi connectivity index (χ0v) is 13.7. The highest BCUT2D eigenvalue weighted by Gasteiger charge is 2.19. The van der Waals surface area contributed by atoms with Crippen LogP contribution in [-0.2, 0) is 18.4 Å². The van der Waals surface area contributed by atoms with Gasteiger partial charge in [0.1, 0.15) is 17.7 Å². The van der Waals surface area contributed by atoms with E-state index in [-0.39, 0.29) is 23.5 Å². The summed E-state index contributed by atoms with van der Waals surface area (Å²) < 4.78 is 7.43. The highest BCUT2D eigenvalue weighted by atomic mass is 16.5. The molecule has 0 spiro atoms. The van der Waals surface area contributed by atoms with E-state index in [0.29, 0.717) is 17.9 Å². The lowest BCUT2D eigenvalue weighted by Crippen LogP contribution is -2.43. The van der Waals surface area contributed by atoms with Crippen LogP contribution in [0.1, 0.15) is 18.9 Å². The van der Waals surface area contributed by atoms with Gasteiger partial charge in [0.15, 0.2) is 5.65 Å². The molecule has 0 fully saturated rings. The van der Waals surface area contributed by atoms with Gasteiger partial charge < -0.3 is 10.1 Å². The fraction of sp³-hybridized carbons (Fsp3) is 0.467. The Morgan fingerprint density at radius 3 is 2.70 bits per heavy atom. The number of aromatic nitrogens is 3. The number of ether oxygens (including phenoxy) is 1. The van der Waals surface area contributed by atoms with Gasteiger partial charge in [-0.1, -0.05) is 6.92 Å². The molecule has 2 rings (SSSR count). The topological polar surface area (TPSA) is 95.2 Å². The summed E-state index contributed by atoms with van der Waals surface area (Å²) in [6.07, 6.45) is 2.31. The third kappa shape index (κ3) is 2.96. The second-order valence-electron chi connectivity index (χ2n) is 5.26. The minimum Gasteiger partial charge on any atom is -0.495 e. The molecule has 0 bridgehead atoms. The highest BCUT2D eigenvalue weighted by molar-refractivity contribution is 5.83. The first kappa shape index (κ1) is 16.7. The zero-order valence-electron chi connectivity index (χ0n) is 13.7. The molecule has 0 aliphatic carbocycles. The number of aryl methyl sites for hydroxylation is 2. The van der Waals surface area contributed by atoms with Crippen LogP contribution in [0.3, 0.4) is 0 Å². The molecule has 124 valence electrons. The van der Waals surface area contributed by atoms with Gasteiger partial charge in [-0.2, -0.15) is 0 Å². The van der Waals surface area contributed by atoms with E-state index >= 15 is 0 Å². The summed E-state index contributed by atoms with van der Waals surface area (Å²) in [6.45, 7) is 3.83. The number of amides is 1. The van der Waals surface area contributed by atoms with E-state index in [9.17, 15) is 14.4 Å². The zero-order chi connectivity index (χ0) is 17.1. The van der Waals surface area contributed by atoms with Gasteiger partial charge in [-0.3, -0.25) is 14.2 Å². The normalized spacial score (nSPS) is 10.8. The van der Waals surface area contributed by atoms with Crippen molar-refractivity contribution in [1.82, 2.24) is 19.4 Å². The van der Waals surface area contributed by atoms with Crippen molar-refractivity contribution < 1.29 is 9.53 Å². The Balaban J connectivity index is 2.69. The summed E-state index contributed by atoms with van der Waals surface area (Å²) in [5.74, 6) is -0.0247. The lowest BCUT2D eigenvalue weighted by atomic mass is 10.2. The van der Waals surface area contributed by atoms with Crippen LogP contribution in [0.4, 0.5) is 0 Å². The summed E-state index contributed by atoms with van der Waals surface area (Å²) in [5, 5.41) is 2.84. The predicted molar refractivity (Wildman–Crippen MR) is 85.8 cm³/mol. The van der Waals surface area contributed by atoms with Crippen LogP contribution >= 0.6 is 0 Å². The van der Waals surface area contributed by atoms with Crippen molar-refractivity contribution in [2.24, 2.45) is 7.05 Å². The number of pyridine rings is 1. The van der Waals surface area contributed by atoms with Crippen LogP contribution in [0, 0.1) is 6.92 Å². The number of carbonyl (C=O) groups is 1. The maximum absolute atomic E-state index is 12.7. The van der Waals surface area contributed by atoms with E-state index in [1.165, 1.54) is 18.7 Å². The third-order valence-electron chi connectivity index (χ3n) is 3.56. The molecule has 0 saturated carbocycles. The summed E-state index contributed by atoms with van der Waals surface area (Å²) in [7, 11) is 2.96. The quantitative estimate of drug-likeness (QED) is 0.832. The van der Waals surface area contributed by atoms with Gasteiger partial charge in [-0.25, -0.2) is 14.3 Å². The standard InChI is InChI=1S/C15H20N4O4/c1-5-6-16-10(20)8-19-14(21)11-12(23-4)9(2)7-17-13(11)18(3)15(19)22/h7H,5-6,8H2,1-4H3,(H,16,20). The van der Waals surface area contributed by atoms with Crippen LogP contribution in [0.15, 0.2) is 15.8 Å². The molecule has 0 unspecified atom stereocenters. The summed E-state index contributed by atoms with van der Waals surface area (Å²) in [5.41, 5.74) is -0.263. The molecule has 0 saturated heterocycles. The molecule has 2 heterocycles. The lowest BCUT2D eigenvalue weighted by molar-refractivity contribution is -0.121. The van der Waals surface area contributed by atoms with Crippen LogP contribution in [0.2, 0.25) is 0 Å². The van der Waals surface area contributed by atoms with Crippen molar-refractivity contribution in [2.45, 2.75) is 26.8 Å². The van der Waals surface area contributed by atoms with Gasteiger partial charge in [0.25, 0.3) is 5.56 Å². The van der Waals surface area contributed by atoms with E-state index in [1.807, 2.05) is 6.92 Å². The molecular weight excluding hydrogens is 300 g/mol. The first-order chi connectivity index (χ1) is 10.9. The molecule has 1 N–H and O–H groups in total. The van der Waals surface area contributed by atoms with Crippen molar-refractivity contribution in [3.05, 3.63) is 32.6 Å². The molecule has 8 heteroatoms. The average molecular weight is 320 g/mol. The van der Waals surface area contributed by atoms with Gasteiger partial charge in [0, 0.05) is 25.4 Å². The van der Waals surface area contributed by atoms with Crippen LogP contribution in [-0.4, -0.2) is 33.7 Å². The van der Waals surface area contributed by atoms with E-state index < -0.39 is 11.2 Å². The Morgan fingerprint density at radius 1 is 1.39 bits per heavy atom. The molecule has 23 heavy (non-hydrogen) atoms. The predicted octanol–water partition coefficient (Wildman–Crippen LogP) is -0.0616. The largest absolute Gasteiger partial charge is 0.495 e. The van der Waals surface area contributed by atoms with Crippen molar-refractivity contribution in [2.75, 3.05) is 13.7 Å². The van der Waals surface area contributed by atoms with E-state index in [4.69, 9.17) is 4.74 Å². The number of nitrogens with one attached hydrogen (secondary N) is 1. The first-order valence-corrected chi connectivity index (χ1v) is 7.32. The number of nitrogens with zero attached hydrogens (tertiary/aromatic N) is 3. The Kier molecular flexibility index (Phi) is 4.83. The number of hydrogen-bond donors (Lipinski definition) is 1. The first-order valence-electron chi connectivity index (χ1n) is 7.32. The lowest BCUT2D eigenvalue weighted by Gasteiger charge is -2.13. The smallest absolute Gasteiger partial charge is 0.332 e. The SMILES string of the molecule is CCCNC(=O)Cn1c(=O)c2c(OC)c(C)cnc2n(C)c1=O. The number of hydrogen-bond acceptors (Lipinski definition) is 5. The van der Waals surface area contributed by atoms with E-state index in [2.05, 4.69) is 10.3 Å². The Hall–Kier alpha value is -2.64. The van der Waals surface area contributed by atoms with Gasteiger partial charge in [0.05, 0.1) is 7.11 Å². The Bertz CT molecular complexity index is 866. The second-order valence-corrected chi connectivity index (χ2v) is 5.26. The van der Waals surface area contributed by atoms with Crippen molar-refractivity contribution in [3.8, 4) is 5.75 Å². The number of carbonyl (C=O) groups excluding carboxylic acids is 1. The molecule has 0 aliphatic heterocycles. The minimum absolute atomic E-state index is 0.192. The average Bonchev–Trinajstić information content (AvgIpc) is 2.54. The molecule has 0 radical (unpaired) electrons. The summed E-state index contributed by atoms with van der Waals surface area (Å²) >= 11 is 0. The molecule has 2 aromatic heterocycles. The number of rotatable bonds is 5. The van der Waals surface area contributed by atoms with Crippen LogP contribution in [0.5, 0.6) is 5.75 Å². The molecule has 2 aromatic rings. The second kappa shape index (κ2) is 6.64. The number of methoxy groups -OCH3 is 1. The van der Waals surface area contributed by atoms with Gasteiger partial charge in [0.2, 0.25) is 5.91 Å². The Labute approximate surface area is 132 Å². The number of fused-ring (bicyclic) bond motifs is 1. The van der Waals surface area contributed by atoms with Crippen molar-refractivity contribution in [3.63, 3.8) is 0 Å². The molecule has 0 aliphatic rings. The molecule has 1 amide bonds. The maximum atomic E-state index is 12.7. The summed E-state index contributed by atoms with van der Waals surface area (Å²) in [4.78, 5) is 41.1. The maximum Gasteiger partial charge on any atom is 0.332 e. The van der Waals surface area contributed by atoms with Gasteiger partial charge >= 0.3 is 5.69 Å². The van der Waals surface area contributed by atoms with Crippen molar-refractivity contribution >= 4 is 16.9 Å². The van der Waals surface area contributed by atoms with Crippen LogP contribution in [0.25, 0.3) is 11.0 Å². The summed E-state index contributed by atoms with van der Waals surface area (Å²) in [6, 6.07) is 0. The minimum atomic E-state index is -0.590. The van der Waals surface area contributed by atoms with Gasteiger partial charge in [-0.15, -0.1) is 0 Å². The van der Waals surface area contributed by atoms with E-state index in [0.717, 1.165) is 11.0 Å². The molecule has 8 nitrogen and oxygen atoms in total. The highest BCUT2D eigenvalue weighted by Crippen LogP contribution is 2.23. The Morgan fingerprint density at radius 2 is 2.09 bits per heavy atom. The molecular formula is C15H20N4O4. The van der Waals surface area contributed by atoms with Crippen LogP contribution < -0.4 is 21.3 Å². The third-order valence-corrected chi connectivity index (χ3v) is 3.56. The fourth-order valence-electron chi connectivity index (χ4n) is 2.39. The van der Waals surface area contributed by atoms with Crippen molar-refractivity contribution in [1.29, 1.82) is 0 Å². The fourth-order valence-corrected chi connectivity index (χ4v) is 2.39. The monoisotopic (exact) mass is 320 g/mol.